The SMILES string of the molecule is Cc1cccc(S(=O)(=O)NCc2ccccc2CS(=O)(=O)NC(C)C)c1. The third-order valence-electron chi connectivity index (χ3n) is 3.63. The summed E-state index contributed by atoms with van der Waals surface area (Å²) in [5, 5.41) is 0. The second-order valence-corrected chi connectivity index (χ2v) is 9.96. The number of sulfonamides is 2. The van der Waals surface area contributed by atoms with Crippen LogP contribution in [0.3, 0.4) is 0 Å². The van der Waals surface area contributed by atoms with Crippen LogP contribution < -0.4 is 9.44 Å². The van der Waals surface area contributed by atoms with Crippen molar-refractivity contribution in [1.29, 1.82) is 0 Å². The van der Waals surface area contributed by atoms with Crippen LogP contribution in [0.2, 0.25) is 0 Å². The second-order valence-electron chi connectivity index (χ2n) is 6.44. The highest BCUT2D eigenvalue weighted by atomic mass is 32.2. The standard InChI is InChI=1S/C18H24N2O4S2/c1-14(2)20-25(21,22)13-17-9-5-4-8-16(17)12-19-26(23,24)18-10-6-7-15(3)11-18/h4-11,14,19-20H,12-13H2,1-3H3. The summed E-state index contributed by atoms with van der Waals surface area (Å²) >= 11 is 0. The smallest absolute Gasteiger partial charge is 0.212 e. The van der Waals surface area contributed by atoms with Gasteiger partial charge in [-0.15, -0.1) is 0 Å². The van der Waals surface area contributed by atoms with E-state index in [-0.39, 0.29) is 23.2 Å². The van der Waals surface area contributed by atoms with Crippen molar-refractivity contribution in [3.63, 3.8) is 0 Å². The van der Waals surface area contributed by atoms with E-state index in [0.717, 1.165) is 5.56 Å². The molecule has 0 unspecified atom stereocenters. The van der Waals surface area contributed by atoms with E-state index in [1.807, 2.05) is 13.0 Å². The molecule has 0 aliphatic carbocycles. The molecule has 2 aromatic rings. The Balaban J connectivity index is 2.18. The minimum atomic E-state index is -3.68. The first-order valence-electron chi connectivity index (χ1n) is 8.22. The van der Waals surface area contributed by atoms with Gasteiger partial charge in [0.1, 0.15) is 0 Å². The molecule has 142 valence electrons. The molecule has 0 aliphatic heterocycles. The summed E-state index contributed by atoms with van der Waals surface area (Å²) in [6, 6.07) is 13.3. The van der Waals surface area contributed by atoms with Crippen LogP contribution in [0.15, 0.2) is 53.4 Å². The summed E-state index contributed by atoms with van der Waals surface area (Å²) in [6.07, 6.45) is 0. The fourth-order valence-corrected chi connectivity index (χ4v) is 5.12. The van der Waals surface area contributed by atoms with Crippen molar-refractivity contribution in [2.24, 2.45) is 0 Å². The van der Waals surface area contributed by atoms with E-state index in [2.05, 4.69) is 9.44 Å². The van der Waals surface area contributed by atoms with Gasteiger partial charge in [0.15, 0.2) is 0 Å². The van der Waals surface area contributed by atoms with Crippen molar-refractivity contribution >= 4 is 20.0 Å². The molecule has 2 rings (SSSR count). The molecule has 0 bridgehead atoms. The Bertz CT molecular complexity index is 968. The molecule has 0 saturated heterocycles. The molecule has 6 nitrogen and oxygen atoms in total. The Kier molecular flexibility index (Phi) is 6.57. The van der Waals surface area contributed by atoms with Gasteiger partial charge in [-0.25, -0.2) is 26.3 Å². The van der Waals surface area contributed by atoms with E-state index in [4.69, 9.17) is 0 Å². The van der Waals surface area contributed by atoms with Crippen molar-refractivity contribution in [1.82, 2.24) is 9.44 Å². The van der Waals surface area contributed by atoms with Gasteiger partial charge in [-0.1, -0.05) is 36.4 Å². The zero-order chi connectivity index (χ0) is 19.4. The Morgan fingerprint density at radius 2 is 1.58 bits per heavy atom. The first-order chi connectivity index (χ1) is 12.1. The molecule has 8 heteroatoms. The molecule has 0 saturated carbocycles. The highest BCUT2D eigenvalue weighted by Gasteiger charge is 2.18. The monoisotopic (exact) mass is 396 g/mol. The lowest BCUT2D eigenvalue weighted by atomic mass is 10.1. The van der Waals surface area contributed by atoms with Gasteiger partial charge in [0.05, 0.1) is 10.6 Å². The van der Waals surface area contributed by atoms with Crippen LogP contribution in [0.5, 0.6) is 0 Å². The van der Waals surface area contributed by atoms with Crippen LogP contribution in [0.1, 0.15) is 30.5 Å². The lowest BCUT2D eigenvalue weighted by Crippen LogP contribution is -2.32. The van der Waals surface area contributed by atoms with Gasteiger partial charge in [0.2, 0.25) is 20.0 Å². The van der Waals surface area contributed by atoms with Crippen molar-refractivity contribution in [2.75, 3.05) is 0 Å². The highest BCUT2D eigenvalue weighted by Crippen LogP contribution is 2.15. The largest absolute Gasteiger partial charge is 0.240 e. The van der Waals surface area contributed by atoms with E-state index in [1.165, 1.54) is 6.07 Å². The van der Waals surface area contributed by atoms with Crippen molar-refractivity contribution in [3.8, 4) is 0 Å². The van der Waals surface area contributed by atoms with Gasteiger partial charge >= 0.3 is 0 Å². The lowest BCUT2D eigenvalue weighted by molar-refractivity contribution is 0.568. The molecule has 2 aromatic carbocycles. The number of aryl methyl sites for hydroxylation is 1. The fourth-order valence-electron chi connectivity index (χ4n) is 2.51. The van der Waals surface area contributed by atoms with E-state index in [1.54, 1.807) is 50.2 Å². The summed E-state index contributed by atoms with van der Waals surface area (Å²) in [5.41, 5.74) is 2.03. The van der Waals surface area contributed by atoms with Gasteiger partial charge in [0, 0.05) is 12.6 Å². The molecule has 2 N–H and O–H groups in total. The molecule has 0 aromatic heterocycles. The normalized spacial score (nSPS) is 12.5. The maximum Gasteiger partial charge on any atom is 0.240 e. The molecule has 0 atom stereocenters. The van der Waals surface area contributed by atoms with Crippen LogP contribution >= 0.6 is 0 Å². The molecule has 0 aliphatic rings. The average molecular weight is 397 g/mol. The summed E-state index contributed by atoms with van der Waals surface area (Å²) in [7, 11) is -7.17. The van der Waals surface area contributed by atoms with Crippen LogP contribution in [-0.4, -0.2) is 22.9 Å². The van der Waals surface area contributed by atoms with Crippen LogP contribution in [-0.2, 0) is 32.3 Å². The van der Waals surface area contributed by atoms with Crippen molar-refractivity contribution in [3.05, 3.63) is 65.2 Å². The van der Waals surface area contributed by atoms with Crippen LogP contribution in [0.4, 0.5) is 0 Å². The molecule has 0 heterocycles. The maximum absolute atomic E-state index is 12.5. The van der Waals surface area contributed by atoms with Gasteiger partial charge < -0.3 is 0 Å². The third-order valence-corrected chi connectivity index (χ3v) is 6.55. The highest BCUT2D eigenvalue weighted by molar-refractivity contribution is 7.89. The Morgan fingerprint density at radius 1 is 0.923 bits per heavy atom. The Hall–Kier alpha value is -1.74. The number of hydrogen-bond donors (Lipinski definition) is 2. The summed E-state index contributed by atoms with van der Waals surface area (Å²) in [5.74, 6) is -0.201. The number of nitrogens with one attached hydrogen (secondary N) is 2. The van der Waals surface area contributed by atoms with E-state index in [0.29, 0.717) is 11.1 Å². The molecular formula is C18H24N2O4S2. The quantitative estimate of drug-likeness (QED) is 0.716. The molecule has 0 radical (unpaired) electrons. The Morgan fingerprint density at radius 3 is 2.19 bits per heavy atom. The van der Waals surface area contributed by atoms with Crippen LogP contribution in [0.25, 0.3) is 0 Å². The first kappa shape index (κ1) is 20.6. The predicted octanol–water partition coefficient (Wildman–Crippen LogP) is 2.30. The molecule has 26 heavy (non-hydrogen) atoms. The van der Waals surface area contributed by atoms with Crippen molar-refractivity contribution in [2.45, 2.75) is 44.0 Å². The van der Waals surface area contributed by atoms with E-state index >= 15 is 0 Å². The third kappa shape index (κ3) is 5.91. The van der Waals surface area contributed by atoms with Crippen LogP contribution in [0, 0.1) is 6.92 Å². The zero-order valence-electron chi connectivity index (χ0n) is 15.1. The molecule has 0 fully saturated rings. The van der Waals surface area contributed by atoms with Gasteiger partial charge in [0.25, 0.3) is 0 Å². The molecule has 0 amide bonds. The van der Waals surface area contributed by atoms with Crippen molar-refractivity contribution < 1.29 is 16.8 Å². The summed E-state index contributed by atoms with van der Waals surface area (Å²) < 4.78 is 54.3. The van der Waals surface area contributed by atoms with Gasteiger partial charge in [-0.3, -0.25) is 0 Å². The number of benzene rings is 2. The second kappa shape index (κ2) is 8.30. The number of rotatable bonds is 8. The average Bonchev–Trinajstić information content (AvgIpc) is 2.52. The van der Waals surface area contributed by atoms with Gasteiger partial charge in [-0.2, -0.15) is 0 Å². The number of hydrogen-bond acceptors (Lipinski definition) is 4. The van der Waals surface area contributed by atoms with E-state index < -0.39 is 20.0 Å². The fraction of sp³-hybridized carbons (Fsp3) is 0.333. The predicted molar refractivity (Wildman–Crippen MR) is 103 cm³/mol. The minimum absolute atomic E-state index is 0.0175. The first-order valence-corrected chi connectivity index (χ1v) is 11.4. The molecule has 0 spiro atoms. The zero-order valence-corrected chi connectivity index (χ0v) is 16.7. The van der Waals surface area contributed by atoms with E-state index in [9.17, 15) is 16.8 Å². The Labute approximate surface area is 155 Å². The maximum atomic E-state index is 12.5. The summed E-state index contributed by atoms with van der Waals surface area (Å²) in [4.78, 5) is 0.184. The topological polar surface area (TPSA) is 92.3 Å². The lowest BCUT2D eigenvalue weighted by Gasteiger charge is -2.13. The molecular weight excluding hydrogens is 372 g/mol. The van der Waals surface area contributed by atoms with Gasteiger partial charge in [-0.05, 0) is 49.6 Å². The minimum Gasteiger partial charge on any atom is -0.212 e. The summed E-state index contributed by atoms with van der Waals surface area (Å²) in [6.45, 7) is 5.34.